The lowest BCUT2D eigenvalue weighted by molar-refractivity contribution is 0.0626. The lowest BCUT2D eigenvalue weighted by atomic mass is 10.1. The van der Waals surface area contributed by atoms with Crippen LogP contribution in [0.2, 0.25) is 0 Å². The molecule has 1 aromatic carbocycles. The molecule has 0 radical (unpaired) electrons. The molecule has 0 spiro atoms. The van der Waals surface area contributed by atoms with E-state index in [9.17, 15) is 4.79 Å². The van der Waals surface area contributed by atoms with Crippen LogP contribution in [0.5, 0.6) is 11.5 Å². The Morgan fingerprint density at radius 1 is 1.28 bits per heavy atom. The number of ether oxygens (including phenoxy) is 2. The van der Waals surface area contributed by atoms with Crippen LogP contribution in [0.4, 0.5) is 0 Å². The van der Waals surface area contributed by atoms with Gasteiger partial charge in [0.15, 0.2) is 11.5 Å². The highest BCUT2D eigenvalue weighted by Gasteiger charge is 2.30. The third-order valence-corrected chi connectivity index (χ3v) is 4.71. The number of rotatable bonds is 3. The van der Waals surface area contributed by atoms with E-state index in [0.29, 0.717) is 23.6 Å². The van der Waals surface area contributed by atoms with E-state index in [1.54, 1.807) is 18.3 Å². The summed E-state index contributed by atoms with van der Waals surface area (Å²) < 4.78 is 12.8. The lowest BCUT2D eigenvalue weighted by Gasteiger charge is -2.31. The predicted octanol–water partition coefficient (Wildman–Crippen LogP) is 1.59. The van der Waals surface area contributed by atoms with Gasteiger partial charge < -0.3 is 19.3 Å². The van der Waals surface area contributed by atoms with Crippen LogP contribution in [0, 0.1) is 0 Å². The lowest BCUT2D eigenvalue weighted by Crippen LogP contribution is -2.44. The maximum Gasteiger partial charge on any atom is 0.254 e. The molecular weight excluding hydrogens is 320 g/mol. The Labute approximate surface area is 146 Å². The smallest absolute Gasteiger partial charge is 0.254 e. The molecule has 0 unspecified atom stereocenters. The van der Waals surface area contributed by atoms with Gasteiger partial charge >= 0.3 is 0 Å². The zero-order valence-corrected chi connectivity index (χ0v) is 14.5. The molecule has 7 nitrogen and oxygen atoms in total. The Morgan fingerprint density at radius 2 is 2.12 bits per heavy atom. The van der Waals surface area contributed by atoms with Crippen LogP contribution < -0.4 is 9.47 Å². The van der Waals surface area contributed by atoms with Gasteiger partial charge in [0, 0.05) is 30.9 Å². The van der Waals surface area contributed by atoms with Crippen LogP contribution in [0.3, 0.4) is 0 Å². The second-order valence-corrected chi connectivity index (χ2v) is 6.75. The van der Waals surface area contributed by atoms with Gasteiger partial charge in [-0.3, -0.25) is 9.48 Å². The average Bonchev–Trinajstić information content (AvgIpc) is 3.21. The fraction of sp³-hybridized carbons (Fsp3) is 0.444. The number of carbonyl (C=O) groups excluding carboxylic acids is 1. The van der Waals surface area contributed by atoms with Crippen molar-refractivity contribution in [2.24, 2.45) is 0 Å². The number of aromatic nitrogens is 2. The standard InChI is InChI=1S/C18H22N4O3/c1-20(2)10-14-6-8-22-15(5-7-19-22)11-21(14)18(23)13-3-4-16-17(9-13)25-12-24-16/h3-5,7,9,14H,6,8,10-12H2,1-2H3/t14-/m0/s1. The van der Waals surface area contributed by atoms with E-state index in [2.05, 4.69) is 10.00 Å². The summed E-state index contributed by atoms with van der Waals surface area (Å²) in [6.07, 6.45) is 2.67. The van der Waals surface area contributed by atoms with Crippen molar-refractivity contribution in [1.82, 2.24) is 19.6 Å². The molecule has 4 rings (SSSR count). The first-order valence-corrected chi connectivity index (χ1v) is 8.48. The number of hydrogen-bond acceptors (Lipinski definition) is 5. The van der Waals surface area contributed by atoms with Crippen molar-refractivity contribution in [3.63, 3.8) is 0 Å². The SMILES string of the molecule is CN(C)C[C@@H]1CCn2nccc2CN1C(=O)c1ccc2c(c1)OCO2. The average molecular weight is 342 g/mol. The van der Waals surface area contributed by atoms with Gasteiger partial charge in [0.2, 0.25) is 6.79 Å². The quantitative estimate of drug-likeness (QED) is 0.848. The molecule has 0 aliphatic carbocycles. The van der Waals surface area contributed by atoms with Gasteiger partial charge in [0.05, 0.1) is 12.2 Å². The van der Waals surface area contributed by atoms with Crippen molar-refractivity contribution in [2.45, 2.75) is 25.6 Å². The highest BCUT2D eigenvalue weighted by Crippen LogP contribution is 2.33. The van der Waals surface area contributed by atoms with Crippen LogP contribution in [0.1, 0.15) is 22.5 Å². The Kier molecular flexibility index (Phi) is 4.09. The maximum atomic E-state index is 13.3. The van der Waals surface area contributed by atoms with Gasteiger partial charge in [-0.25, -0.2) is 0 Å². The van der Waals surface area contributed by atoms with Crippen molar-refractivity contribution in [2.75, 3.05) is 27.4 Å². The van der Waals surface area contributed by atoms with E-state index in [4.69, 9.17) is 9.47 Å². The first kappa shape index (κ1) is 16.0. The third-order valence-electron chi connectivity index (χ3n) is 4.71. The van der Waals surface area contributed by atoms with Crippen molar-refractivity contribution in [1.29, 1.82) is 0 Å². The topological polar surface area (TPSA) is 59.8 Å². The number of carbonyl (C=O) groups is 1. The molecule has 0 saturated carbocycles. The molecule has 2 aromatic rings. The van der Waals surface area contributed by atoms with Gasteiger partial charge in [0.1, 0.15) is 0 Å². The molecule has 25 heavy (non-hydrogen) atoms. The minimum atomic E-state index is 0.0137. The molecule has 7 heteroatoms. The number of hydrogen-bond donors (Lipinski definition) is 0. The van der Waals surface area contributed by atoms with E-state index >= 15 is 0 Å². The Balaban J connectivity index is 1.64. The normalized spacial score (nSPS) is 19.0. The number of likely N-dealkylation sites (N-methyl/N-ethyl adjacent to an activating group) is 1. The molecular formula is C18H22N4O3. The molecule has 3 heterocycles. The van der Waals surface area contributed by atoms with Gasteiger partial charge in [-0.2, -0.15) is 5.10 Å². The molecule has 0 saturated heterocycles. The molecule has 0 fully saturated rings. The Hall–Kier alpha value is -2.54. The third kappa shape index (κ3) is 3.07. The summed E-state index contributed by atoms with van der Waals surface area (Å²) in [6, 6.07) is 7.51. The van der Waals surface area contributed by atoms with Gasteiger partial charge in [-0.15, -0.1) is 0 Å². The van der Waals surface area contributed by atoms with E-state index in [1.165, 1.54) is 0 Å². The highest BCUT2D eigenvalue weighted by atomic mass is 16.7. The first-order chi connectivity index (χ1) is 12.1. The molecule has 1 atom stereocenters. The number of benzene rings is 1. The minimum absolute atomic E-state index is 0.0137. The van der Waals surface area contributed by atoms with E-state index < -0.39 is 0 Å². The minimum Gasteiger partial charge on any atom is -0.454 e. The second-order valence-electron chi connectivity index (χ2n) is 6.75. The van der Waals surface area contributed by atoms with Gasteiger partial charge in [0.25, 0.3) is 5.91 Å². The largest absolute Gasteiger partial charge is 0.454 e. The fourth-order valence-corrected chi connectivity index (χ4v) is 3.47. The zero-order valence-electron chi connectivity index (χ0n) is 14.5. The number of aryl methyl sites for hydroxylation is 1. The monoisotopic (exact) mass is 342 g/mol. The molecule has 1 amide bonds. The molecule has 0 bridgehead atoms. The fourth-order valence-electron chi connectivity index (χ4n) is 3.47. The van der Waals surface area contributed by atoms with Crippen LogP contribution in [-0.2, 0) is 13.1 Å². The Bertz CT molecular complexity index is 786. The molecule has 2 aliphatic heterocycles. The number of nitrogens with zero attached hydrogens (tertiary/aromatic N) is 4. The number of amides is 1. The summed E-state index contributed by atoms with van der Waals surface area (Å²) >= 11 is 0. The summed E-state index contributed by atoms with van der Waals surface area (Å²) in [5, 5.41) is 4.37. The zero-order chi connectivity index (χ0) is 17.4. The summed E-state index contributed by atoms with van der Waals surface area (Å²) in [7, 11) is 4.07. The van der Waals surface area contributed by atoms with Crippen molar-refractivity contribution >= 4 is 5.91 Å². The van der Waals surface area contributed by atoms with E-state index in [-0.39, 0.29) is 18.7 Å². The second kappa shape index (κ2) is 6.40. The summed E-state index contributed by atoms with van der Waals surface area (Å²) in [5.41, 5.74) is 1.69. The molecule has 0 N–H and O–H groups in total. The summed E-state index contributed by atoms with van der Waals surface area (Å²) in [5.74, 6) is 1.34. The van der Waals surface area contributed by atoms with Gasteiger partial charge in [-0.1, -0.05) is 0 Å². The van der Waals surface area contributed by atoms with Crippen LogP contribution in [-0.4, -0.2) is 59.0 Å². The van der Waals surface area contributed by atoms with Crippen LogP contribution in [0.15, 0.2) is 30.5 Å². The summed E-state index contributed by atoms with van der Waals surface area (Å²) in [6.45, 7) is 2.41. The molecule has 2 aliphatic rings. The van der Waals surface area contributed by atoms with Crippen molar-refractivity contribution in [3.8, 4) is 11.5 Å². The predicted molar refractivity (Wildman–Crippen MR) is 91.6 cm³/mol. The van der Waals surface area contributed by atoms with Crippen molar-refractivity contribution < 1.29 is 14.3 Å². The van der Waals surface area contributed by atoms with Crippen LogP contribution >= 0.6 is 0 Å². The van der Waals surface area contributed by atoms with Gasteiger partial charge in [-0.05, 0) is 44.8 Å². The molecule has 132 valence electrons. The van der Waals surface area contributed by atoms with E-state index in [1.807, 2.05) is 35.8 Å². The highest BCUT2D eigenvalue weighted by molar-refractivity contribution is 5.95. The first-order valence-electron chi connectivity index (χ1n) is 8.48. The van der Waals surface area contributed by atoms with Crippen molar-refractivity contribution in [3.05, 3.63) is 41.7 Å². The Morgan fingerprint density at radius 3 is 2.96 bits per heavy atom. The number of fused-ring (bicyclic) bond motifs is 2. The van der Waals surface area contributed by atoms with Crippen LogP contribution in [0.25, 0.3) is 0 Å². The molecule has 1 aromatic heterocycles. The van der Waals surface area contributed by atoms with E-state index in [0.717, 1.165) is 25.2 Å². The summed E-state index contributed by atoms with van der Waals surface area (Å²) in [4.78, 5) is 17.3. The maximum absolute atomic E-state index is 13.3.